The van der Waals surface area contributed by atoms with E-state index in [1.54, 1.807) is 19.4 Å². The zero-order chi connectivity index (χ0) is 22.5. The van der Waals surface area contributed by atoms with E-state index in [2.05, 4.69) is 15.3 Å². The molecular formula is C25H28N4O3. The van der Waals surface area contributed by atoms with Gasteiger partial charge >= 0.3 is 0 Å². The van der Waals surface area contributed by atoms with Crippen LogP contribution in [0.2, 0.25) is 0 Å². The Labute approximate surface area is 187 Å². The second-order valence-corrected chi connectivity index (χ2v) is 8.15. The lowest BCUT2D eigenvalue weighted by atomic mass is 9.96. The van der Waals surface area contributed by atoms with Crippen LogP contribution < -0.4 is 20.5 Å². The van der Waals surface area contributed by atoms with Gasteiger partial charge in [0.1, 0.15) is 5.75 Å². The molecule has 2 heterocycles. The van der Waals surface area contributed by atoms with Gasteiger partial charge in [-0.3, -0.25) is 9.59 Å². The SMILES string of the molecule is COc1ccc(NC(=O)C2CCCN(c3cnn(Cc4ccccc4)c(=O)c3)C2)c(C)c1. The summed E-state index contributed by atoms with van der Waals surface area (Å²) < 4.78 is 6.69. The van der Waals surface area contributed by atoms with Gasteiger partial charge in [-0.2, -0.15) is 5.10 Å². The Morgan fingerprint density at radius 3 is 2.72 bits per heavy atom. The number of nitrogens with zero attached hydrogens (tertiary/aromatic N) is 3. The molecule has 1 atom stereocenters. The molecule has 0 bridgehead atoms. The van der Waals surface area contributed by atoms with E-state index in [4.69, 9.17) is 4.74 Å². The van der Waals surface area contributed by atoms with E-state index < -0.39 is 0 Å². The second-order valence-electron chi connectivity index (χ2n) is 8.15. The van der Waals surface area contributed by atoms with Crippen LogP contribution in [-0.4, -0.2) is 35.9 Å². The van der Waals surface area contributed by atoms with Gasteiger partial charge in [0, 0.05) is 24.8 Å². The molecule has 7 nitrogen and oxygen atoms in total. The Balaban J connectivity index is 1.42. The van der Waals surface area contributed by atoms with Crippen molar-refractivity contribution in [3.8, 4) is 5.75 Å². The molecule has 3 aromatic rings. The Morgan fingerprint density at radius 1 is 1.19 bits per heavy atom. The van der Waals surface area contributed by atoms with Gasteiger partial charge in [-0.15, -0.1) is 0 Å². The summed E-state index contributed by atoms with van der Waals surface area (Å²) in [5, 5.41) is 7.41. The third-order valence-electron chi connectivity index (χ3n) is 5.88. The molecule has 0 spiro atoms. The molecule has 32 heavy (non-hydrogen) atoms. The standard InChI is InChI=1S/C25H28N4O3/c1-18-13-22(32-2)10-11-23(18)27-25(31)20-9-6-12-28(17-20)21-14-24(30)29(26-15-21)16-19-7-4-3-5-8-19/h3-5,7-8,10-11,13-15,20H,6,9,12,16-17H2,1-2H3,(H,27,31). The molecule has 0 radical (unpaired) electrons. The third kappa shape index (κ3) is 4.99. The summed E-state index contributed by atoms with van der Waals surface area (Å²) in [7, 11) is 1.62. The Bertz CT molecular complexity index is 1140. The number of methoxy groups -OCH3 is 1. The first kappa shape index (κ1) is 21.6. The first-order valence-electron chi connectivity index (χ1n) is 10.8. The zero-order valence-corrected chi connectivity index (χ0v) is 18.5. The summed E-state index contributed by atoms with van der Waals surface area (Å²) in [6.45, 7) is 3.74. The number of aryl methyl sites for hydroxylation is 1. The highest BCUT2D eigenvalue weighted by Crippen LogP contribution is 2.25. The van der Waals surface area contributed by atoms with Crippen molar-refractivity contribution in [2.24, 2.45) is 5.92 Å². The molecule has 1 aromatic heterocycles. The minimum atomic E-state index is -0.156. The number of carbonyl (C=O) groups is 1. The first-order chi connectivity index (χ1) is 15.5. The lowest BCUT2D eigenvalue weighted by Crippen LogP contribution is -2.41. The smallest absolute Gasteiger partial charge is 0.269 e. The molecule has 1 N–H and O–H groups in total. The van der Waals surface area contributed by atoms with Crippen LogP contribution in [0.5, 0.6) is 5.75 Å². The van der Waals surface area contributed by atoms with Crippen molar-refractivity contribution in [1.82, 2.24) is 9.78 Å². The topological polar surface area (TPSA) is 76.5 Å². The average Bonchev–Trinajstić information content (AvgIpc) is 2.82. The molecule has 1 fully saturated rings. The van der Waals surface area contributed by atoms with Crippen LogP contribution in [0.15, 0.2) is 65.6 Å². The fourth-order valence-electron chi connectivity index (χ4n) is 4.04. The van der Waals surface area contributed by atoms with Gasteiger partial charge in [-0.05, 0) is 49.1 Å². The van der Waals surface area contributed by atoms with Gasteiger partial charge in [0.2, 0.25) is 5.91 Å². The number of nitrogens with one attached hydrogen (secondary N) is 1. The van der Waals surface area contributed by atoms with E-state index in [1.807, 2.05) is 55.5 Å². The number of aromatic nitrogens is 2. The van der Waals surface area contributed by atoms with E-state index in [0.717, 1.165) is 47.6 Å². The van der Waals surface area contributed by atoms with Crippen LogP contribution in [0.4, 0.5) is 11.4 Å². The van der Waals surface area contributed by atoms with Crippen molar-refractivity contribution >= 4 is 17.3 Å². The lowest BCUT2D eigenvalue weighted by Gasteiger charge is -2.33. The summed E-state index contributed by atoms with van der Waals surface area (Å²) in [6.07, 6.45) is 3.42. The van der Waals surface area contributed by atoms with Gasteiger partial charge < -0.3 is 15.0 Å². The molecular weight excluding hydrogens is 404 g/mol. The highest BCUT2D eigenvalue weighted by Gasteiger charge is 2.27. The maximum absolute atomic E-state index is 12.9. The summed E-state index contributed by atoms with van der Waals surface area (Å²) in [6, 6.07) is 17.0. The number of rotatable bonds is 6. The zero-order valence-electron chi connectivity index (χ0n) is 18.5. The minimum absolute atomic E-state index is 0.00616. The predicted octanol–water partition coefficient (Wildman–Crippen LogP) is 3.46. The highest BCUT2D eigenvalue weighted by molar-refractivity contribution is 5.93. The molecule has 1 aliphatic rings. The number of carbonyl (C=O) groups excluding carboxylic acids is 1. The van der Waals surface area contributed by atoms with Gasteiger partial charge in [-0.25, -0.2) is 4.68 Å². The highest BCUT2D eigenvalue weighted by atomic mass is 16.5. The maximum atomic E-state index is 12.9. The van der Waals surface area contributed by atoms with Gasteiger partial charge in [-0.1, -0.05) is 30.3 Å². The van der Waals surface area contributed by atoms with Crippen molar-refractivity contribution in [3.05, 3.63) is 82.3 Å². The van der Waals surface area contributed by atoms with Crippen LogP contribution >= 0.6 is 0 Å². The van der Waals surface area contributed by atoms with E-state index >= 15 is 0 Å². The summed E-state index contributed by atoms with van der Waals surface area (Å²) in [5.41, 5.74) is 3.39. The fourth-order valence-corrected chi connectivity index (χ4v) is 4.04. The first-order valence-corrected chi connectivity index (χ1v) is 10.8. The van der Waals surface area contributed by atoms with Crippen molar-refractivity contribution < 1.29 is 9.53 Å². The van der Waals surface area contributed by atoms with Crippen molar-refractivity contribution in [1.29, 1.82) is 0 Å². The molecule has 1 amide bonds. The number of anilines is 2. The monoisotopic (exact) mass is 432 g/mol. The molecule has 4 rings (SSSR count). The van der Waals surface area contributed by atoms with Crippen LogP contribution in [0.1, 0.15) is 24.0 Å². The molecule has 0 saturated carbocycles. The van der Waals surface area contributed by atoms with Crippen LogP contribution in [0, 0.1) is 12.8 Å². The van der Waals surface area contributed by atoms with Crippen LogP contribution in [0.25, 0.3) is 0 Å². The van der Waals surface area contributed by atoms with Crippen molar-refractivity contribution in [3.63, 3.8) is 0 Å². The molecule has 166 valence electrons. The van der Waals surface area contributed by atoms with E-state index in [9.17, 15) is 9.59 Å². The third-order valence-corrected chi connectivity index (χ3v) is 5.88. The quantitative estimate of drug-likeness (QED) is 0.646. The number of ether oxygens (including phenoxy) is 1. The van der Waals surface area contributed by atoms with Gasteiger partial charge in [0.05, 0.1) is 31.5 Å². The molecule has 1 unspecified atom stereocenters. The summed E-state index contributed by atoms with van der Waals surface area (Å²) in [5.74, 6) is 0.601. The average molecular weight is 433 g/mol. The number of piperidine rings is 1. The predicted molar refractivity (Wildman–Crippen MR) is 125 cm³/mol. The number of benzene rings is 2. The summed E-state index contributed by atoms with van der Waals surface area (Å²) in [4.78, 5) is 27.6. The maximum Gasteiger partial charge on any atom is 0.269 e. The lowest BCUT2D eigenvalue weighted by molar-refractivity contribution is -0.120. The van der Waals surface area contributed by atoms with E-state index in [-0.39, 0.29) is 17.4 Å². The Kier molecular flexibility index (Phi) is 6.54. The van der Waals surface area contributed by atoms with Crippen LogP contribution in [0.3, 0.4) is 0 Å². The molecule has 1 aliphatic heterocycles. The largest absolute Gasteiger partial charge is 0.497 e. The van der Waals surface area contributed by atoms with Gasteiger partial charge in [0.25, 0.3) is 5.56 Å². The van der Waals surface area contributed by atoms with Crippen LogP contribution in [-0.2, 0) is 11.3 Å². The minimum Gasteiger partial charge on any atom is -0.497 e. The van der Waals surface area contributed by atoms with E-state index in [0.29, 0.717) is 13.1 Å². The molecule has 2 aromatic carbocycles. The number of hydrogen-bond acceptors (Lipinski definition) is 5. The van der Waals surface area contributed by atoms with E-state index in [1.165, 1.54) is 4.68 Å². The molecule has 1 saturated heterocycles. The number of hydrogen-bond donors (Lipinski definition) is 1. The molecule has 0 aliphatic carbocycles. The summed E-state index contributed by atoms with van der Waals surface area (Å²) >= 11 is 0. The normalized spacial score (nSPS) is 15.9. The fraction of sp³-hybridized carbons (Fsp3) is 0.320. The Morgan fingerprint density at radius 2 is 2.00 bits per heavy atom. The second kappa shape index (κ2) is 9.68. The van der Waals surface area contributed by atoms with Crippen molar-refractivity contribution in [2.45, 2.75) is 26.3 Å². The van der Waals surface area contributed by atoms with Crippen molar-refractivity contribution in [2.75, 3.05) is 30.4 Å². The van der Waals surface area contributed by atoms with Gasteiger partial charge in [0.15, 0.2) is 0 Å². The molecule has 7 heteroatoms. The Hall–Kier alpha value is -3.61. The number of amides is 1.